The summed E-state index contributed by atoms with van der Waals surface area (Å²) < 4.78 is 0. The van der Waals surface area contributed by atoms with Gasteiger partial charge in [0.05, 0.1) is 6.61 Å². The molecule has 2 aliphatic rings. The van der Waals surface area contributed by atoms with Crippen molar-refractivity contribution >= 4 is 0 Å². The molecule has 2 saturated carbocycles. The average molecular weight is 220 g/mol. The van der Waals surface area contributed by atoms with E-state index < -0.39 is 0 Å². The Morgan fingerprint density at radius 2 is 2.25 bits per heavy atom. The minimum absolute atomic E-state index is 0.0644. The summed E-state index contributed by atoms with van der Waals surface area (Å²) in [6.07, 6.45) is 8.37. The molecule has 0 unspecified atom stereocenters. The molecular weight excluding hydrogens is 196 g/mol. The molecule has 3 atom stereocenters. The second kappa shape index (κ2) is 4.37. The van der Waals surface area contributed by atoms with Crippen LogP contribution in [0.2, 0.25) is 0 Å². The monoisotopic (exact) mass is 220 g/mol. The summed E-state index contributed by atoms with van der Waals surface area (Å²) in [4.78, 5) is 0. The number of fused-ring (bicyclic) bond motifs is 2. The topological polar surface area (TPSA) is 20.2 Å². The molecule has 1 N–H and O–H groups in total. The molecule has 0 saturated heterocycles. The van der Waals surface area contributed by atoms with Crippen LogP contribution in [0.1, 0.15) is 46.0 Å². The van der Waals surface area contributed by atoms with Crippen molar-refractivity contribution in [1.29, 1.82) is 0 Å². The minimum Gasteiger partial charge on any atom is -0.395 e. The lowest BCUT2D eigenvalue weighted by molar-refractivity contribution is 0.0984. The molecule has 0 spiro atoms. The quantitative estimate of drug-likeness (QED) is 0.716. The Morgan fingerprint density at radius 1 is 1.50 bits per heavy atom. The van der Waals surface area contributed by atoms with E-state index in [1.165, 1.54) is 30.4 Å². The maximum Gasteiger partial charge on any atom is 0.0527 e. The maximum absolute atomic E-state index is 9.79. The number of aliphatic hydroxyl groups excluding tert-OH is 1. The van der Waals surface area contributed by atoms with E-state index in [1.807, 2.05) is 0 Å². The van der Waals surface area contributed by atoms with Crippen molar-refractivity contribution in [3.63, 3.8) is 0 Å². The molecule has 2 fully saturated rings. The van der Waals surface area contributed by atoms with Gasteiger partial charge in [0.15, 0.2) is 0 Å². The summed E-state index contributed by atoms with van der Waals surface area (Å²) >= 11 is 0. The number of hydrogen-bond donors (Lipinski definition) is 1. The number of hydrogen-bond acceptors (Lipinski definition) is 1. The van der Waals surface area contributed by atoms with E-state index in [1.54, 1.807) is 0 Å². The third kappa shape index (κ3) is 1.75. The van der Waals surface area contributed by atoms with Gasteiger partial charge in [0.2, 0.25) is 0 Å². The van der Waals surface area contributed by atoms with Crippen LogP contribution in [0.5, 0.6) is 0 Å². The van der Waals surface area contributed by atoms with E-state index in [-0.39, 0.29) is 5.41 Å². The number of allylic oxidation sites excluding steroid dienone is 2. The first-order valence-corrected chi connectivity index (χ1v) is 6.53. The highest BCUT2D eigenvalue weighted by Gasteiger charge is 2.52. The molecule has 1 nitrogen and oxygen atoms in total. The summed E-state index contributed by atoms with van der Waals surface area (Å²) in [6.45, 7) is 8.87. The standard InChI is InChI=1S/C15H24O/c1-11(2)5-4-8-15(10-16)12(3)13-6-7-14(15)9-13/h5,13-14,16H,3-4,6-10H2,1-2H3/t13-,14+,15-/m1/s1. The molecule has 0 heterocycles. The molecule has 16 heavy (non-hydrogen) atoms. The van der Waals surface area contributed by atoms with E-state index in [2.05, 4.69) is 26.5 Å². The number of rotatable bonds is 4. The summed E-state index contributed by atoms with van der Waals surface area (Å²) in [6, 6.07) is 0. The highest BCUT2D eigenvalue weighted by Crippen LogP contribution is 2.60. The third-order valence-corrected chi connectivity index (χ3v) is 4.77. The van der Waals surface area contributed by atoms with Gasteiger partial charge in [-0.2, -0.15) is 0 Å². The molecule has 0 aromatic heterocycles. The van der Waals surface area contributed by atoms with Gasteiger partial charge in [-0.3, -0.25) is 0 Å². The smallest absolute Gasteiger partial charge is 0.0527 e. The first kappa shape index (κ1) is 11.9. The van der Waals surface area contributed by atoms with Gasteiger partial charge in [0.1, 0.15) is 0 Å². The van der Waals surface area contributed by atoms with Crippen molar-refractivity contribution in [3.05, 3.63) is 23.8 Å². The van der Waals surface area contributed by atoms with Crippen molar-refractivity contribution in [2.45, 2.75) is 46.0 Å². The largest absolute Gasteiger partial charge is 0.395 e. The van der Waals surface area contributed by atoms with Crippen LogP contribution in [0.4, 0.5) is 0 Å². The lowest BCUT2D eigenvalue weighted by Gasteiger charge is -2.38. The lowest BCUT2D eigenvalue weighted by Crippen LogP contribution is -2.33. The molecule has 90 valence electrons. The van der Waals surface area contributed by atoms with Crippen molar-refractivity contribution in [2.24, 2.45) is 17.3 Å². The fourth-order valence-corrected chi connectivity index (χ4v) is 3.76. The van der Waals surface area contributed by atoms with E-state index in [0.29, 0.717) is 18.4 Å². The van der Waals surface area contributed by atoms with Gasteiger partial charge in [-0.1, -0.05) is 23.8 Å². The van der Waals surface area contributed by atoms with E-state index >= 15 is 0 Å². The molecule has 0 aromatic carbocycles. The fourth-order valence-electron chi connectivity index (χ4n) is 3.76. The van der Waals surface area contributed by atoms with Crippen LogP contribution in [-0.2, 0) is 0 Å². The van der Waals surface area contributed by atoms with E-state index in [4.69, 9.17) is 0 Å². The van der Waals surface area contributed by atoms with Crippen molar-refractivity contribution in [3.8, 4) is 0 Å². The summed E-state index contributed by atoms with van der Waals surface area (Å²) in [7, 11) is 0. The van der Waals surface area contributed by atoms with Crippen LogP contribution in [0.3, 0.4) is 0 Å². The zero-order valence-electron chi connectivity index (χ0n) is 10.6. The minimum atomic E-state index is 0.0644. The van der Waals surface area contributed by atoms with Crippen molar-refractivity contribution in [2.75, 3.05) is 6.61 Å². The SMILES string of the molecule is C=C1[C@@H]2CC[C@@H](C2)[C@@]1(CO)CCC=C(C)C. The first-order chi connectivity index (χ1) is 7.60. The Kier molecular flexibility index (Phi) is 3.25. The average Bonchev–Trinajstić information content (AvgIpc) is 2.80. The van der Waals surface area contributed by atoms with Crippen LogP contribution >= 0.6 is 0 Å². The van der Waals surface area contributed by atoms with Crippen molar-refractivity contribution in [1.82, 2.24) is 0 Å². The van der Waals surface area contributed by atoms with Crippen LogP contribution in [0.15, 0.2) is 23.8 Å². The summed E-state index contributed by atoms with van der Waals surface area (Å²) in [5.41, 5.74) is 2.80. The van der Waals surface area contributed by atoms with E-state index in [0.717, 1.165) is 12.8 Å². The van der Waals surface area contributed by atoms with Gasteiger partial charge in [0.25, 0.3) is 0 Å². The zero-order chi connectivity index (χ0) is 11.8. The highest BCUT2D eigenvalue weighted by molar-refractivity contribution is 5.25. The Balaban J connectivity index is 2.08. The molecule has 0 radical (unpaired) electrons. The molecule has 0 aromatic rings. The van der Waals surface area contributed by atoms with Crippen molar-refractivity contribution < 1.29 is 5.11 Å². The Labute approximate surface area is 99.3 Å². The van der Waals surface area contributed by atoms with Crippen LogP contribution < -0.4 is 0 Å². The fraction of sp³-hybridized carbons (Fsp3) is 0.733. The van der Waals surface area contributed by atoms with Gasteiger partial charge in [-0.15, -0.1) is 0 Å². The van der Waals surface area contributed by atoms with E-state index in [9.17, 15) is 5.11 Å². The third-order valence-electron chi connectivity index (χ3n) is 4.77. The molecule has 2 bridgehead atoms. The molecule has 2 rings (SSSR count). The number of aliphatic hydroxyl groups is 1. The molecular formula is C15H24O. The molecule has 0 amide bonds. The highest BCUT2D eigenvalue weighted by atomic mass is 16.3. The van der Waals surface area contributed by atoms with Crippen LogP contribution in [0.25, 0.3) is 0 Å². The zero-order valence-corrected chi connectivity index (χ0v) is 10.6. The first-order valence-electron chi connectivity index (χ1n) is 6.53. The van der Waals surface area contributed by atoms with Gasteiger partial charge in [0, 0.05) is 5.41 Å². The molecule has 1 heteroatoms. The normalized spacial score (nSPS) is 36.8. The predicted octanol–water partition coefficient (Wildman–Crippen LogP) is 3.70. The van der Waals surface area contributed by atoms with Gasteiger partial charge >= 0.3 is 0 Å². The Hall–Kier alpha value is -0.560. The Morgan fingerprint density at radius 3 is 2.75 bits per heavy atom. The maximum atomic E-state index is 9.79. The molecule has 2 aliphatic carbocycles. The Bertz CT molecular complexity index is 311. The summed E-state index contributed by atoms with van der Waals surface area (Å²) in [5.74, 6) is 1.42. The van der Waals surface area contributed by atoms with Gasteiger partial charge in [-0.25, -0.2) is 0 Å². The van der Waals surface area contributed by atoms with Gasteiger partial charge < -0.3 is 5.11 Å². The predicted molar refractivity (Wildman–Crippen MR) is 68.2 cm³/mol. The second-order valence-corrected chi connectivity index (χ2v) is 5.87. The summed E-state index contributed by atoms with van der Waals surface area (Å²) in [5, 5.41) is 9.79. The van der Waals surface area contributed by atoms with Gasteiger partial charge in [-0.05, 0) is 57.8 Å². The van der Waals surface area contributed by atoms with Crippen LogP contribution in [0, 0.1) is 17.3 Å². The molecule has 0 aliphatic heterocycles. The second-order valence-electron chi connectivity index (χ2n) is 5.87. The lowest BCUT2D eigenvalue weighted by atomic mass is 9.68. The van der Waals surface area contributed by atoms with Crippen LogP contribution in [-0.4, -0.2) is 11.7 Å².